The van der Waals surface area contributed by atoms with Gasteiger partial charge in [0.25, 0.3) is 0 Å². The van der Waals surface area contributed by atoms with Crippen molar-refractivity contribution in [3.05, 3.63) is 29.8 Å². The van der Waals surface area contributed by atoms with E-state index >= 15 is 0 Å². The third kappa shape index (κ3) is 4.21. The Kier molecular flexibility index (Phi) is 5.20. The quantitative estimate of drug-likeness (QED) is 0.827. The van der Waals surface area contributed by atoms with E-state index < -0.39 is 0 Å². The van der Waals surface area contributed by atoms with Crippen LogP contribution in [0.25, 0.3) is 0 Å². The molecule has 0 spiro atoms. The highest BCUT2D eigenvalue weighted by Gasteiger charge is 2.26. The maximum absolute atomic E-state index is 11.9. The van der Waals surface area contributed by atoms with Gasteiger partial charge < -0.3 is 15.5 Å². The lowest BCUT2D eigenvalue weighted by molar-refractivity contribution is -0.125. The van der Waals surface area contributed by atoms with Crippen LogP contribution in [0.3, 0.4) is 0 Å². The van der Waals surface area contributed by atoms with E-state index in [0.29, 0.717) is 19.4 Å². The predicted octanol–water partition coefficient (Wildman–Crippen LogP) is 1.22. The highest BCUT2D eigenvalue weighted by molar-refractivity contribution is 5.90. The van der Waals surface area contributed by atoms with Gasteiger partial charge in [0.05, 0.1) is 0 Å². The zero-order valence-electron chi connectivity index (χ0n) is 12.7. The number of benzene rings is 1. The van der Waals surface area contributed by atoms with E-state index in [4.69, 9.17) is 0 Å². The average molecular weight is 289 g/mol. The van der Waals surface area contributed by atoms with Crippen molar-refractivity contribution < 1.29 is 9.59 Å². The molecule has 0 radical (unpaired) electrons. The predicted molar refractivity (Wildman–Crippen MR) is 83.2 cm³/mol. The first-order valence-electron chi connectivity index (χ1n) is 7.49. The van der Waals surface area contributed by atoms with Crippen molar-refractivity contribution in [2.75, 3.05) is 24.5 Å². The summed E-state index contributed by atoms with van der Waals surface area (Å²) in [6.45, 7) is 6.39. The van der Waals surface area contributed by atoms with Crippen LogP contribution in [0.15, 0.2) is 24.3 Å². The molecule has 114 valence electrons. The molecule has 21 heavy (non-hydrogen) atoms. The maximum atomic E-state index is 11.9. The monoisotopic (exact) mass is 289 g/mol. The van der Waals surface area contributed by atoms with Crippen LogP contribution in [0.2, 0.25) is 0 Å². The number of rotatable bonds is 6. The molecule has 2 N–H and O–H groups in total. The van der Waals surface area contributed by atoms with Crippen LogP contribution in [-0.2, 0) is 9.59 Å². The number of likely N-dealkylation sites (N-methyl/N-ethyl adjacent to an activating group) is 1. The number of nitrogens with one attached hydrogen (secondary N) is 2. The summed E-state index contributed by atoms with van der Waals surface area (Å²) in [6.07, 6.45) is 1.04. The largest absolute Gasteiger partial charge is 0.370 e. The fraction of sp³-hybridized carbons (Fsp3) is 0.500. The van der Waals surface area contributed by atoms with E-state index in [9.17, 15) is 9.59 Å². The second-order valence-electron chi connectivity index (χ2n) is 5.37. The Bertz CT molecular complexity index is 516. The van der Waals surface area contributed by atoms with Crippen molar-refractivity contribution in [3.8, 4) is 0 Å². The Labute approximate surface area is 125 Å². The van der Waals surface area contributed by atoms with Crippen molar-refractivity contribution >= 4 is 17.5 Å². The van der Waals surface area contributed by atoms with Crippen molar-refractivity contribution in [2.24, 2.45) is 0 Å². The number of hydrogen-bond acceptors (Lipinski definition) is 3. The molecule has 5 heteroatoms. The Balaban J connectivity index is 1.81. The van der Waals surface area contributed by atoms with Crippen LogP contribution in [0.5, 0.6) is 0 Å². The Morgan fingerprint density at radius 3 is 2.90 bits per heavy atom. The number of nitrogens with zero attached hydrogens (tertiary/aromatic N) is 1. The molecule has 0 saturated carbocycles. The fourth-order valence-electron chi connectivity index (χ4n) is 2.54. The zero-order chi connectivity index (χ0) is 15.2. The van der Waals surface area contributed by atoms with Gasteiger partial charge in [-0.3, -0.25) is 9.59 Å². The molecule has 1 aliphatic heterocycles. The molecule has 0 unspecified atom stereocenters. The molecule has 2 rings (SSSR count). The first-order valence-corrected chi connectivity index (χ1v) is 7.49. The van der Waals surface area contributed by atoms with Crippen LogP contribution in [-0.4, -0.2) is 37.5 Å². The molecule has 1 saturated heterocycles. The second-order valence-corrected chi connectivity index (χ2v) is 5.37. The first kappa shape index (κ1) is 15.4. The SMILES string of the molecule is CCN(CCNC(=O)[C@H]1CCC(=O)N1)c1cccc(C)c1. The molecule has 1 aromatic carbocycles. The van der Waals surface area contributed by atoms with Gasteiger partial charge in [-0.25, -0.2) is 0 Å². The minimum Gasteiger partial charge on any atom is -0.370 e. The van der Waals surface area contributed by atoms with Gasteiger partial charge in [0.1, 0.15) is 6.04 Å². The van der Waals surface area contributed by atoms with Crippen LogP contribution in [0, 0.1) is 6.92 Å². The van der Waals surface area contributed by atoms with Crippen LogP contribution < -0.4 is 15.5 Å². The van der Waals surface area contributed by atoms with Crippen molar-refractivity contribution in [2.45, 2.75) is 32.7 Å². The van der Waals surface area contributed by atoms with Gasteiger partial charge in [-0.15, -0.1) is 0 Å². The first-order chi connectivity index (χ1) is 10.1. The third-order valence-corrected chi connectivity index (χ3v) is 3.74. The molecule has 2 amide bonds. The number of carbonyl (C=O) groups is 2. The molecule has 5 nitrogen and oxygen atoms in total. The standard InChI is InChI=1S/C16H23N3O2/c1-3-19(13-6-4-5-12(2)11-13)10-9-17-16(21)14-7-8-15(20)18-14/h4-6,11,14H,3,7-10H2,1-2H3,(H,17,21)(H,18,20)/t14-/m1/s1. The minimum absolute atomic E-state index is 0.0369. The van der Waals surface area contributed by atoms with Gasteiger partial charge in [0, 0.05) is 31.7 Å². The van der Waals surface area contributed by atoms with E-state index in [2.05, 4.69) is 47.6 Å². The van der Waals surface area contributed by atoms with Crippen molar-refractivity contribution in [3.63, 3.8) is 0 Å². The molecule has 0 bridgehead atoms. The normalized spacial score (nSPS) is 17.4. The summed E-state index contributed by atoms with van der Waals surface area (Å²) in [5, 5.41) is 5.58. The third-order valence-electron chi connectivity index (χ3n) is 3.74. The topological polar surface area (TPSA) is 61.4 Å². The number of amides is 2. The summed E-state index contributed by atoms with van der Waals surface area (Å²) in [7, 11) is 0. The van der Waals surface area contributed by atoms with Gasteiger partial charge in [-0.2, -0.15) is 0 Å². The Morgan fingerprint density at radius 2 is 2.29 bits per heavy atom. The summed E-state index contributed by atoms with van der Waals surface area (Å²) >= 11 is 0. The molecule has 0 aliphatic carbocycles. The van der Waals surface area contributed by atoms with Gasteiger partial charge in [0.2, 0.25) is 11.8 Å². The van der Waals surface area contributed by atoms with E-state index in [1.807, 2.05) is 6.07 Å². The molecule has 1 aromatic rings. The lowest BCUT2D eigenvalue weighted by Crippen LogP contribution is -2.44. The fourth-order valence-corrected chi connectivity index (χ4v) is 2.54. The van der Waals surface area contributed by atoms with Crippen molar-refractivity contribution in [1.82, 2.24) is 10.6 Å². The van der Waals surface area contributed by atoms with E-state index in [-0.39, 0.29) is 17.9 Å². The molecule has 1 fully saturated rings. The smallest absolute Gasteiger partial charge is 0.242 e. The molecule has 0 aromatic heterocycles. The van der Waals surface area contributed by atoms with Gasteiger partial charge in [-0.05, 0) is 38.0 Å². The molecular weight excluding hydrogens is 266 g/mol. The Morgan fingerprint density at radius 1 is 1.48 bits per heavy atom. The minimum atomic E-state index is -0.355. The highest BCUT2D eigenvalue weighted by atomic mass is 16.2. The average Bonchev–Trinajstić information content (AvgIpc) is 2.90. The van der Waals surface area contributed by atoms with E-state index in [1.165, 1.54) is 11.3 Å². The van der Waals surface area contributed by atoms with Crippen LogP contribution >= 0.6 is 0 Å². The number of aryl methyl sites for hydroxylation is 1. The van der Waals surface area contributed by atoms with Gasteiger partial charge in [0.15, 0.2) is 0 Å². The molecular formula is C16H23N3O2. The van der Waals surface area contributed by atoms with E-state index in [0.717, 1.165) is 13.1 Å². The summed E-state index contributed by atoms with van der Waals surface area (Å²) < 4.78 is 0. The lowest BCUT2D eigenvalue weighted by Gasteiger charge is -2.24. The molecule has 1 aliphatic rings. The zero-order valence-corrected chi connectivity index (χ0v) is 12.7. The second kappa shape index (κ2) is 7.11. The number of hydrogen-bond donors (Lipinski definition) is 2. The summed E-state index contributed by atoms with van der Waals surface area (Å²) in [6, 6.07) is 7.98. The summed E-state index contributed by atoms with van der Waals surface area (Å²) in [5.74, 6) is -0.119. The van der Waals surface area contributed by atoms with Gasteiger partial charge >= 0.3 is 0 Å². The molecule has 1 atom stereocenters. The van der Waals surface area contributed by atoms with E-state index in [1.54, 1.807) is 0 Å². The maximum Gasteiger partial charge on any atom is 0.242 e. The van der Waals surface area contributed by atoms with Crippen LogP contribution in [0.4, 0.5) is 5.69 Å². The number of anilines is 1. The Hall–Kier alpha value is -2.04. The highest BCUT2D eigenvalue weighted by Crippen LogP contribution is 2.15. The van der Waals surface area contributed by atoms with Crippen molar-refractivity contribution in [1.29, 1.82) is 0 Å². The van der Waals surface area contributed by atoms with Gasteiger partial charge in [-0.1, -0.05) is 12.1 Å². The molecule has 1 heterocycles. The van der Waals surface area contributed by atoms with Crippen LogP contribution in [0.1, 0.15) is 25.3 Å². The summed E-state index contributed by atoms with van der Waals surface area (Å²) in [4.78, 5) is 25.2. The number of carbonyl (C=O) groups excluding carboxylic acids is 2. The lowest BCUT2D eigenvalue weighted by atomic mass is 10.2. The summed E-state index contributed by atoms with van der Waals surface area (Å²) in [5.41, 5.74) is 2.39.